The Hall–Kier alpha value is -7.21. The standard InChI is InChI=1S/C48H34O11/c49-40-36-27-14-13-25-34(36)35-26-15-16-28-37(35)47(40)46-48(59-47,58-45(53)33-23-11-4-12-24-33)41(57-44(52)32-21-9-3-10-22-32)39(56-43(51)31-19-7-2-8-20-31)38(55-46)29-54-42(50)30-17-5-1-6-18-30/h1-28,38-39,41,46H,29H2/t38-,39-,41+,46-,47-,48-/m1/s1. The van der Waals surface area contributed by atoms with Gasteiger partial charge in [0, 0.05) is 11.1 Å². The summed E-state index contributed by atoms with van der Waals surface area (Å²) in [7, 11) is 0. The molecule has 6 atom stereocenters. The van der Waals surface area contributed by atoms with E-state index in [1.807, 2.05) is 24.3 Å². The third kappa shape index (κ3) is 6.46. The molecule has 2 fully saturated rings. The van der Waals surface area contributed by atoms with E-state index in [9.17, 15) is 19.2 Å². The molecule has 0 aromatic heterocycles. The number of ether oxygens (including phenoxy) is 6. The van der Waals surface area contributed by atoms with Crippen LogP contribution in [0, 0.1) is 0 Å². The first-order chi connectivity index (χ1) is 28.8. The van der Waals surface area contributed by atoms with E-state index < -0.39 is 72.1 Å². The molecule has 1 spiro atoms. The molecule has 59 heavy (non-hydrogen) atoms. The molecule has 0 saturated carbocycles. The van der Waals surface area contributed by atoms with Gasteiger partial charge in [0.1, 0.15) is 12.7 Å². The van der Waals surface area contributed by atoms with E-state index in [-0.39, 0.29) is 22.3 Å². The maximum atomic E-state index is 15.1. The van der Waals surface area contributed by atoms with Crippen LogP contribution < -0.4 is 0 Å². The second-order valence-electron chi connectivity index (χ2n) is 14.2. The van der Waals surface area contributed by atoms with Crippen LogP contribution in [-0.4, -0.2) is 66.5 Å². The maximum Gasteiger partial charge on any atom is 0.340 e. The van der Waals surface area contributed by atoms with E-state index >= 15 is 4.79 Å². The smallest absolute Gasteiger partial charge is 0.340 e. The van der Waals surface area contributed by atoms with E-state index in [1.165, 1.54) is 36.4 Å². The van der Waals surface area contributed by atoms with Crippen LogP contribution in [0.1, 0.15) is 57.4 Å². The fraction of sp³-hybridized carbons (Fsp3) is 0.146. The number of hydrogen-bond donors (Lipinski definition) is 0. The predicted molar refractivity (Wildman–Crippen MR) is 210 cm³/mol. The molecular formula is C48H34O11. The Kier molecular flexibility index (Phi) is 9.68. The number of rotatable bonds is 9. The minimum Gasteiger partial charge on any atom is -0.459 e. The zero-order valence-corrected chi connectivity index (χ0v) is 31.2. The molecule has 0 N–H and O–H groups in total. The summed E-state index contributed by atoms with van der Waals surface area (Å²) in [5, 5.41) is 0. The lowest BCUT2D eigenvalue weighted by atomic mass is 9.64. The van der Waals surface area contributed by atoms with E-state index in [0.717, 1.165) is 0 Å². The van der Waals surface area contributed by atoms with Gasteiger partial charge in [-0.05, 0) is 59.7 Å². The summed E-state index contributed by atoms with van der Waals surface area (Å²) >= 11 is 0. The number of fused-ring (bicyclic) bond motifs is 6. The normalized spacial score (nSPS) is 23.6. The number of carbonyl (C=O) groups is 5. The van der Waals surface area contributed by atoms with Gasteiger partial charge in [0.15, 0.2) is 17.8 Å². The Morgan fingerprint density at radius 1 is 0.508 bits per heavy atom. The lowest BCUT2D eigenvalue weighted by Crippen LogP contribution is -2.85. The van der Waals surface area contributed by atoms with Gasteiger partial charge in [-0.15, -0.1) is 0 Å². The van der Waals surface area contributed by atoms with Crippen molar-refractivity contribution in [1.82, 2.24) is 0 Å². The van der Waals surface area contributed by atoms with Crippen LogP contribution in [0.25, 0.3) is 11.1 Å². The zero-order valence-electron chi connectivity index (χ0n) is 31.2. The molecule has 0 bridgehead atoms. The number of benzene rings is 6. The molecule has 3 aliphatic rings. The molecule has 2 heterocycles. The topological polar surface area (TPSA) is 141 Å². The Balaban J connectivity index is 1.22. The summed E-state index contributed by atoms with van der Waals surface area (Å²) in [6, 6.07) is 46.5. The molecular weight excluding hydrogens is 753 g/mol. The molecule has 2 aliphatic heterocycles. The maximum absolute atomic E-state index is 15.1. The first-order valence-corrected chi connectivity index (χ1v) is 18.9. The second-order valence-corrected chi connectivity index (χ2v) is 14.2. The lowest BCUT2D eigenvalue weighted by Gasteiger charge is -2.65. The first-order valence-electron chi connectivity index (χ1n) is 18.9. The van der Waals surface area contributed by atoms with Crippen LogP contribution in [0.15, 0.2) is 170 Å². The number of ketones is 1. The van der Waals surface area contributed by atoms with Crippen molar-refractivity contribution in [3.05, 3.63) is 203 Å². The summed E-state index contributed by atoms with van der Waals surface area (Å²) in [5.41, 5.74) is 0.595. The number of esters is 4. The highest BCUT2D eigenvalue weighted by Gasteiger charge is 2.82. The molecule has 9 rings (SSSR count). The Morgan fingerprint density at radius 3 is 1.54 bits per heavy atom. The molecule has 6 aromatic rings. The average Bonchev–Trinajstić information content (AvgIpc) is 3.29. The summed E-state index contributed by atoms with van der Waals surface area (Å²) in [4.78, 5) is 70.9. The van der Waals surface area contributed by atoms with Gasteiger partial charge in [0.2, 0.25) is 11.9 Å². The Morgan fingerprint density at radius 2 is 0.966 bits per heavy atom. The molecule has 0 amide bonds. The highest BCUT2D eigenvalue weighted by molar-refractivity contribution is 6.13. The van der Waals surface area contributed by atoms with E-state index in [1.54, 1.807) is 109 Å². The van der Waals surface area contributed by atoms with Crippen LogP contribution in [0.2, 0.25) is 0 Å². The minimum absolute atomic E-state index is 0.107. The van der Waals surface area contributed by atoms with Crippen molar-refractivity contribution in [2.75, 3.05) is 6.61 Å². The minimum atomic E-state index is -2.42. The molecule has 292 valence electrons. The van der Waals surface area contributed by atoms with Crippen molar-refractivity contribution in [1.29, 1.82) is 0 Å². The quantitative estimate of drug-likeness (QED) is 0.107. The van der Waals surface area contributed by atoms with Crippen molar-refractivity contribution in [2.45, 2.75) is 35.8 Å². The summed E-state index contributed by atoms with van der Waals surface area (Å²) in [6.45, 7) is -0.554. The van der Waals surface area contributed by atoms with Gasteiger partial charge in [0.25, 0.3) is 5.79 Å². The average molecular weight is 787 g/mol. The van der Waals surface area contributed by atoms with Crippen molar-refractivity contribution in [3.8, 4) is 11.1 Å². The highest BCUT2D eigenvalue weighted by atomic mass is 16.8. The van der Waals surface area contributed by atoms with Crippen molar-refractivity contribution in [3.63, 3.8) is 0 Å². The molecule has 0 unspecified atom stereocenters. The summed E-state index contributed by atoms with van der Waals surface area (Å²) in [5.74, 6) is -6.32. The zero-order chi connectivity index (χ0) is 40.6. The molecule has 6 aromatic carbocycles. The monoisotopic (exact) mass is 786 g/mol. The summed E-state index contributed by atoms with van der Waals surface area (Å²) in [6.07, 6.45) is -6.45. The predicted octanol–water partition coefficient (Wildman–Crippen LogP) is 7.40. The first kappa shape index (κ1) is 37.4. The molecule has 11 heteroatoms. The van der Waals surface area contributed by atoms with Crippen LogP contribution in [-0.2, 0) is 34.0 Å². The van der Waals surface area contributed by atoms with E-state index in [0.29, 0.717) is 22.3 Å². The lowest BCUT2D eigenvalue weighted by molar-refractivity contribution is -0.477. The SMILES string of the molecule is O=C(OC[C@H]1O[C@H]2[C@](OC(=O)c3ccccc3)(O[C@]23C(=O)c2ccccc2-c2ccccc23)[C@@H](OC(=O)c2ccccc2)[C@@H]1OC(=O)c1ccccc1)c1ccccc1. The third-order valence-electron chi connectivity index (χ3n) is 10.7. The van der Waals surface area contributed by atoms with Crippen molar-refractivity contribution in [2.24, 2.45) is 0 Å². The fourth-order valence-corrected chi connectivity index (χ4v) is 7.97. The molecule has 11 nitrogen and oxygen atoms in total. The molecule has 0 radical (unpaired) electrons. The van der Waals surface area contributed by atoms with Gasteiger partial charge in [-0.3, -0.25) is 4.79 Å². The highest BCUT2D eigenvalue weighted by Crippen LogP contribution is 2.62. The molecule has 2 saturated heterocycles. The van der Waals surface area contributed by atoms with Gasteiger partial charge in [-0.25, -0.2) is 19.2 Å². The van der Waals surface area contributed by atoms with Gasteiger partial charge < -0.3 is 28.4 Å². The van der Waals surface area contributed by atoms with Crippen LogP contribution in [0.4, 0.5) is 0 Å². The van der Waals surface area contributed by atoms with Crippen molar-refractivity contribution >= 4 is 29.7 Å². The van der Waals surface area contributed by atoms with Crippen molar-refractivity contribution < 1.29 is 52.4 Å². The Bertz CT molecular complexity index is 2560. The largest absolute Gasteiger partial charge is 0.459 e. The fourth-order valence-electron chi connectivity index (χ4n) is 7.97. The Labute approximate surface area is 338 Å². The third-order valence-corrected chi connectivity index (χ3v) is 10.7. The number of Topliss-reactive ketones (excluding diaryl/α,β-unsaturated/α-hetero) is 1. The van der Waals surface area contributed by atoms with Gasteiger partial charge in [0.05, 0.1) is 22.3 Å². The number of carbonyl (C=O) groups excluding carboxylic acids is 5. The van der Waals surface area contributed by atoms with Crippen LogP contribution in [0.3, 0.4) is 0 Å². The van der Waals surface area contributed by atoms with Crippen LogP contribution >= 0.6 is 0 Å². The second kappa shape index (κ2) is 15.3. The van der Waals surface area contributed by atoms with Gasteiger partial charge >= 0.3 is 23.9 Å². The molecule has 1 aliphatic carbocycles. The van der Waals surface area contributed by atoms with Crippen LogP contribution in [0.5, 0.6) is 0 Å². The van der Waals surface area contributed by atoms with E-state index in [4.69, 9.17) is 28.4 Å². The van der Waals surface area contributed by atoms with E-state index in [2.05, 4.69) is 0 Å². The van der Waals surface area contributed by atoms with Gasteiger partial charge in [-0.2, -0.15) is 0 Å². The number of hydrogen-bond acceptors (Lipinski definition) is 11. The summed E-state index contributed by atoms with van der Waals surface area (Å²) < 4.78 is 38.3. The van der Waals surface area contributed by atoms with Gasteiger partial charge in [-0.1, -0.05) is 121 Å².